The molecule has 0 unspecified atom stereocenters. The number of rotatable bonds is 6. The first kappa shape index (κ1) is 18.5. The zero-order chi connectivity index (χ0) is 20.4. The maximum absolute atomic E-state index is 13.4. The van der Waals surface area contributed by atoms with Crippen LogP contribution in [0.15, 0.2) is 66.9 Å². The minimum atomic E-state index is -1.26. The maximum atomic E-state index is 13.4. The zero-order valence-corrected chi connectivity index (χ0v) is 15.4. The third kappa shape index (κ3) is 3.64. The van der Waals surface area contributed by atoms with Gasteiger partial charge in [0.15, 0.2) is 0 Å². The molecule has 7 nitrogen and oxygen atoms in total. The van der Waals surface area contributed by atoms with E-state index in [4.69, 9.17) is 5.73 Å². The van der Waals surface area contributed by atoms with Gasteiger partial charge in [0, 0.05) is 18.0 Å². The van der Waals surface area contributed by atoms with Crippen molar-refractivity contribution in [3.05, 3.63) is 72.7 Å². The number of halogens is 1. The molecule has 0 radical (unpaired) electrons. The Labute approximate surface area is 166 Å². The number of hydrogen-bond donors (Lipinski definition) is 2. The van der Waals surface area contributed by atoms with Gasteiger partial charge in [0.2, 0.25) is 17.8 Å². The molecule has 2 amide bonds. The fraction of sp³-hybridized carbons (Fsp3) is 0.143. The number of anilines is 4. The lowest BCUT2D eigenvalue weighted by Gasteiger charge is -2.25. The first-order valence-electron chi connectivity index (χ1n) is 9.05. The predicted molar refractivity (Wildman–Crippen MR) is 106 cm³/mol. The third-order valence-electron chi connectivity index (χ3n) is 4.82. The number of benzene rings is 2. The molecule has 3 N–H and O–H groups in total. The molecule has 1 heterocycles. The molecule has 8 heteroatoms. The molecule has 3 aromatic rings. The van der Waals surface area contributed by atoms with Crippen LogP contribution in [0.4, 0.5) is 27.5 Å². The molecule has 1 aromatic heterocycles. The molecular formula is C21H18FN5O2. The Morgan fingerprint density at radius 2 is 1.72 bits per heavy atom. The van der Waals surface area contributed by atoms with E-state index < -0.39 is 23.0 Å². The molecule has 0 spiro atoms. The molecule has 1 saturated carbocycles. The van der Waals surface area contributed by atoms with E-state index in [-0.39, 0.29) is 11.8 Å². The summed E-state index contributed by atoms with van der Waals surface area (Å²) in [4.78, 5) is 35.1. The highest BCUT2D eigenvalue weighted by atomic mass is 19.1. The van der Waals surface area contributed by atoms with E-state index in [0.29, 0.717) is 18.5 Å². The number of aromatic nitrogens is 2. The summed E-state index contributed by atoms with van der Waals surface area (Å²) in [7, 11) is 0. The van der Waals surface area contributed by atoms with Crippen molar-refractivity contribution < 1.29 is 14.0 Å². The Bertz CT molecular complexity index is 1050. The van der Waals surface area contributed by atoms with Gasteiger partial charge in [-0.05, 0) is 49.2 Å². The summed E-state index contributed by atoms with van der Waals surface area (Å²) in [5, 5.41) is 3.06. The van der Waals surface area contributed by atoms with E-state index in [1.165, 1.54) is 35.4 Å². The normalized spacial score (nSPS) is 14.1. The van der Waals surface area contributed by atoms with Crippen LogP contribution >= 0.6 is 0 Å². The smallest absolute Gasteiger partial charge is 0.248 e. The van der Waals surface area contributed by atoms with Crippen LogP contribution in [0.1, 0.15) is 12.8 Å². The quantitative estimate of drug-likeness (QED) is 0.628. The fourth-order valence-corrected chi connectivity index (χ4v) is 3.03. The van der Waals surface area contributed by atoms with Gasteiger partial charge < -0.3 is 11.1 Å². The molecule has 1 aliphatic carbocycles. The van der Waals surface area contributed by atoms with Crippen molar-refractivity contribution in [3.63, 3.8) is 0 Å². The van der Waals surface area contributed by atoms with Gasteiger partial charge in [-0.1, -0.05) is 18.2 Å². The maximum Gasteiger partial charge on any atom is 0.248 e. The first-order chi connectivity index (χ1) is 14.0. The van der Waals surface area contributed by atoms with Gasteiger partial charge in [0.05, 0.1) is 5.69 Å². The van der Waals surface area contributed by atoms with Gasteiger partial charge >= 0.3 is 0 Å². The van der Waals surface area contributed by atoms with Crippen molar-refractivity contribution in [1.82, 2.24) is 9.97 Å². The van der Waals surface area contributed by atoms with E-state index in [9.17, 15) is 14.0 Å². The summed E-state index contributed by atoms with van der Waals surface area (Å²) in [5.41, 5.74) is 5.40. The van der Waals surface area contributed by atoms with E-state index in [1.54, 1.807) is 6.07 Å². The van der Waals surface area contributed by atoms with Crippen LogP contribution in [0.5, 0.6) is 0 Å². The number of amides is 2. The van der Waals surface area contributed by atoms with Gasteiger partial charge in [-0.3, -0.25) is 14.5 Å². The molecule has 0 saturated heterocycles. The summed E-state index contributed by atoms with van der Waals surface area (Å²) < 4.78 is 13.4. The second-order valence-electron chi connectivity index (χ2n) is 6.79. The second kappa shape index (κ2) is 7.31. The highest BCUT2D eigenvalue weighted by Crippen LogP contribution is 2.48. The summed E-state index contributed by atoms with van der Waals surface area (Å²) in [6.07, 6.45) is 2.25. The predicted octanol–water partition coefficient (Wildman–Crippen LogP) is 3.29. The Hall–Kier alpha value is -3.81. The van der Waals surface area contributed by atoms with Crippen LogP contribution in [0.25, 0.3) is 0 Å². The average Bonchev–Trinajstić information content (AvgIpc) is 3.53. The molecular weight excluding hydrogens is 373 g/mol. The van der Waals surface area contributed by atoms with Crippen molar-refractivity contribution in [3.8, 4) is 0 Å². The number of carbonyl (C=O) groups is 2. The number of para-hydroxylation sites is 1. The summed E-state index contributed by atoms with van der Waals surface area (Å²) in [6, 6.07) is 16.3. The highest BCUT2D eigenvalue weighted by molar-refractivity contribution is 6.16. The van der Waals surface area contributed by atoms with Crippen LogP contribution in [0.2, 0.25) is 0 Å². The lowest BCUT2D eigenvalue weighted by Crippen LogP contribution is -2.41. The molecule has 0 bridgehead atoms. The zero-order valence-electron chi connectivity index (χ0n) is 15.4. The summed E-state index contributed by atoms with van der Waals surface area (Å²) >= 11 is 0. The molecule has 0 atom stereocenters. The van der Waals surface area contributed by atoms with E-state index in [1.807, 2.05) is 30.3 Å². The van der Waals surface area contributed by atoms with Gasteiger partial charge in [0.25, 0.3) is 0 Å². The Balaban J connectivity index is 1.73. The minimum Gasteiger partial charge on any atom is -0.369 e. The fourth-order valence-electron chi connectivity index (χ4n) is 3.03. The minimum absolute atomic E-state index is 0.252. The summed E-state index contributed by atoms with van der Waals surface area (Å²) in [6.45, 7) is 0. The molecule has 0 aliphatic heterocycles. The molecule has 146 valence electrons. The van der Waals surface area contributed by atoms with Gasteiger partial charge in [-0.25, -0.2) is 9.37 Å². The highest BCUT2D eigenvalue weighted by Gasteiger charge is 2.57. The largest absolute Gasteiger partial charge is 0.369 e. The van der Waals surface area contributed by atoms with Gasteiger partial charge in [-0.15, -0.1) is 0 Å². The van der Waals surface area contributed by atoms with Crippen LogP contribution in [-0.2, 0) is 9.59 Å². The van der Waals surface area contributed by atoms with Crippen molar-refractivity contribution in [2.75, 3.05) is 10.2 Å². The number of carbonyl (C=O) groups excluding carboxylic acids is 2. The summed E-state index contributed by atoms with van der Waals surface area (Å²) in [5.74, 6) is -1.07. The van der Waals surface area contributed by atoms with Crippen molar-refractivity contribution in [2.45, 2.75) is 12.8 Å². The van der Waals surface area contributed by atoms with Crippen LogP contribution < -0.4 is 16.0 Å². The SMILES string of the molecule is NC(=O)C1(C(=O)N(c2ccc(F)cc2)c2ccnc(Nc3ccccc3)n2)CC1. The van der Waals surface area contributed by atoms with E-state index >= 15 is 0 Å². The Kier molecular flexibility index (Phi) is 4.67. The number of primary amides is 1. The van der Waals surface area contributed by atoms with Gasteiger partial charge in [-0.2, -0.15) is 4.98 Å². The lowest BCUT2D eigenvalue weighted by atomic mass is 10.0. The molecule has 1 fully saturated rings. The van der Waals surface area contributed by atoms with Crippen LogP contribution in [0.3, 0.4) is 0 Å². The van der Waals surface area contributed by atoms with Crippen molar-refractivity contribution in [1.29, 1.82) is 0 Å². The van der Waals surface area contributed by atoms with E-state index in [2.05, 4.69) is 15.3 Å². The number of nitrogens with two attached hydrogens (primary N) is 1. The second-order valence-corrected chi connectivity index (χ2v) is 6.79. The molecule has 2 aromatic carbocycles. The van der Waals surface area contributed by atoms with Crippen LogP contribution in [0, 0.1) is 11.2 Å². The lowest BCUT2D eigenvalue weighted by molar-refractivity contribution is -0.133. The third-order valence-corrected chi connectivity index (χ3v) is 4.82. The molecule has 4 rings (SSSR count). The number of hydrogen-bond acceptors (Lipinski definition) is 5. The van der Waals surface area contributed by atoms with E-state index in [0.717, 1.165) is 5.69 Å². The number of nitrogens with one attached hydrogen (secondary N) is 1. The average molecular weight is 391 g/mol. The topological polar surface area (TPSA) is 101 Å². The van der Waals surface area contributed by atoms with Crippen LogP contribution in [-0.4, -0.2) is 21.8 Å². The Morgan fingerprint density at radius 3 is 2.34 bits per heavy atom. The van der Waals surface area contributed by atoms with Gasteiger partial charge in [0.1, 0.15) is 17.1 Å². The molecule has 29 heavy (non-hydrogen) atoms. The van der Waals surface area contributed by atoms with Crippen molar-refractivity contribution in [2.24, 2.45) is 11.1 Å². The number of nitrogens with zero attached hydrogens (tertiary/aromatic N) is 3. The monoisotopic (exact) mass is 391 g/mol. The first-order valence-corrected chi connectivity index (χ1v) is 9.05. The standard InChI is InChI=1S/C21H18FN5O2/c22-14-6-8-16(9-7-14)27(19(29)21(11-12-21)18(23)28)17-10-13-24-20(26-17)25-15-4-2-1-3-5-15/h1-10,13H,11-12H2,(H2,23,28)(H,24,25,26). The Morgan fingerprint density at radius 1 is 1.03 bits per heavy atom. The molecule has 1 aliphatic rings. The van der Waals surface area contributed by atoms with Crippen molar-refractivity contribution >= 4 is 35.0 Å².